The molecule has 0 aliphatic carbocycles. The fourth-order valence-electron chi connectivity index (χ4n) is 2.25. The van der Waals surface area contributed by atoms with Crippen molar-refractivity contribution < 1.29 is 4.79 Å². The topological polar surface area (TPSA) is 64.7 Å². The summed E-state index contributed by atoms with van der Waals surface area (Å²) < 4.78 is 3.52. The fourth-order valence-corrected chi connectivity index (χ4v) is 2.25. The average molecular weight is 275 g/mol. The lowest BCUT2D eigenvalue weighted by Gasteiger charge is -2.15. The molecule has 0 aliphatic heterocycles. The number of nitrogens with one attached hydrogen (secondary N) is 1. The molecule has 108 valence electrons. The molecule has 1 atom stereocenters. The van der Waals surface area contributed by atoms with Gasteiger partial charge in [-0.25, -0.2) is 4.68 Å². The summed E-state index contributed by atoms with van der Waals surface area (Å²) in [6.07, 6.45) is 1.76. The van der Waals surface area contributed by atoms with Crippen LogP contribution in [0, 0.1) is 20.8 Å². The maximum atomic E-state index is 12.4. The van der Waals surface area contributed by atoms with Gasteiger partial charge in [-0.2, -0.15) is 10.2 Å². The molecule has 0 saturated carbocycles. The van der Waals surface area contributed by atoms with Gasteiger partial charge in [0.15, 0.2) is 0 Å². The van der Waals surface area contributed by atoms with Crippen LogP contribution >= 0.6 is 0 Å². The third-order valence-corrected chi connectivity index (χ3v) is 3.35. The molecule has 1 N–H and O–H groups in total. The predicted molar refractivity (Wildman–Crippen MR) is 77.7 cm³/mol. The van der Waals surface area contributed by atoms with Crippen LogP contribution in [0.3, 0.4) is 0 Å². The number of hydrogen-bond acceptors (Lipinski definition) is 3. The van der Waals surface area contributed by atoms with E-state index in [-0.39, 0.29) is 11.9 Å². The third kappa shape index (κ3) is 2.59. The second-order valence-corrected chi connectivity index (χ2v) is 5.03. The van der Waals surface area contributed by atoms with Gasteiger partial charge in [0, 0.05) is 17.8 Å². The Morgan fingerprint density at radius 3 is 2.65 bits per heavy atom. The predicted octanol–water partition coefficient (Wildman–Crippen LogP) is 2.22. The first-order valence-electron chi connectivity index (χ1n) is 6.80. The molecule has 2 aromatic rings. The number of carbonyl (C=O) groups is 1. The number of aryl methyl sites for hydroxylation is 4. The molecule has 6 nitrogen and oxygen atoms in total. The van der Waals surface area contributed by atoms with Gasteiger partial charge in [0.1, 0.15) is 11.9 Å². The second kappa shape index (κ2) is 5.48. The van der Waals surface area contributed by atoms with Gasteiger partial charge in [-0.05, 0) is 40.7 Å². The molecule has 0 spiro atoms. The van der Waals surface area contributed by atoms with Crippen molar-refractivity contribution in [3.05, 3.63) is 29.2 Å². The summed E-state index contributed by atoms with van der Waals surface area (Å²) in [6.45, 7) is 10.4. The van der Waals surface area contributed by atoms with Gasteiger partial charge < -0.3 is 5.32 Å². The van der Waals surface area contributed by atoms with E-state index in [9.17, 15) is 4.79 Å². The summed E-state index contributed by atoms with van der Waals surface area (Å²) in [5.41, 5.74) is 2.85. The van der Waals surface area contributed by atoms with Gasteiger partial charge in [0.2, 0.25) is 5.91 Å². The molecule has 0 aromatic carbocycles. The van der Waals surface area contributed by atoms with Crippen molar-refractivity contribution in [1.82, 2.24) is 19.6 Å². The zero-order valence-corrected chi connectivity index (χ0v) is 12.6. The van der Waals surface area contributed by atoms with E-state index in [1.165, 1.54) is 0 Å². The van der Waals surface area contributed by atoms with E-state index in [1.807, 2.05) is 40.7 Å². The van der Waals surface area contributed by atoms with Crippen LogP contribution in [0.15, 0.2) is 12.3 Å². The minimum absolute atomic E-state index is 0.0884. The quantitative estimate of drug-likeness (QED) is 0.930. The largest absolute Gasteiger partial charge is 0.309 e. The van der Waals surface area contributed by atoms with E-state index in [1.54, 1.807) is 15.6 Å². The Morgan fingerprint density at radius 1 is 1.40 bits per heavy atom. The van der Waals surface area contributed by atoms with Gasteiger partial charge >= 0.3 is 0 Å². The Bertz CT molecular complexity index is 626. The van der Waals surface area contributed by atoms with Gasteiger partial charge in [-0.1, -0.05) is 0 Å². The highest BCUT2D eigenvalue weighted by Gasteiger charge is 2.20. The highest BCUT2D eigenvalue weighted by atomic mass is 16.2. The van der Waals surface area contributed by atoms with Gasteiger partial charge in [0.25, 0.3) is 0 Å². The highest BCUT2D eigenvalue weighted by molar-refractivity contribution is 5.93. The van der Waals surface area contributed by atoms with Crippen molar-refractivity contribution in [3.63, 3.8) is 0 Å². The molecular formula is C14H21N5O. The summed E-state index contributed by atoms with van der Waals surface area (Å²) >= 11 is 0. The highest BCUT2D eigenvalue weighted by Crippen LogP contribution is 2.17. The molecule has 6 heteroatoms. The lowest BCUT2D eigenvalue weighted by molar-refractivity contribution is -0.119. The minimum Gasteiger partial charge on any atom is -0.309 e. The maximum absolute atomic E-state index is 12.4. The van der Waals surface area contributed by atoms with Crippen LogP contribution in [0.25, 0.3) is 0 Å². The van der Waals surface area contributed by atoms with Crippen molar-refractivity contribution in [2.24, 2.45) is 0 Å². The molecule has 2 aromatic heterocycles. The Morgan fingerprint density at radius 2 is 2.10 bits per heavy atom. The Labute approximate surface area is 118 Å². The zero-order valence-electron chi connectivity index (χ0n) is 12.6. The normalized spacial score (nSPS) is 12.4. The molecule has 0 radical (unpaired) electrons. The molecule has 0 saturated heterocycles. The van der Waals surface area contributed by atoms with Crippen molar-refractivity contribution in [3.8, 4) is 0 Å². The molecule has 2 heterocycles. The van der Waals surface area contributed by atoms with Crippen molar-refractivity contribution in [2.45, 2.75) is 47.2 Å². The van der Waals surface area contributed by atoms with E-state index in [0.29, 0.717) is 0 Å². The molecule has 0 aliphatic rings. The van der Waals surface area contributed by atoms with Crippen molar-refractivity contribution >= 4 is 11.7 Å². The smallest absolute Gasteiger partial charge is 0.250 e. The van der Waals surface area contributed by atoms with Crippen LogP contribution in [0.2, 0.25) is 0 Å². The minimum atomic E-state index is -0.358. The number of anilines is 1. The number of hydrogen-bond donors (Lipinski definition) is 1. The van der Waals surface area contributed by atoms with E-state index < -0.39 is 0 Å². The Balaban J connectivity index is 2.19. The Hall–Kier alpha value is -2.11. The zero-order chi connectivity index (χ0) is 14.9. The lowest BCUT2D eigenvalue weighted by Crippen LogP contribution is -2.26. The van der Waals surface area contributed by atoms with E-state index in [4.69, 9.17) is 0 Å². The summed E-state index contributed by atoms with van der Waals surface area (Å²) in [6, 6.07) is 1.61. The van der Waals surface area contributed by atoms with Crippen LogP contribution in [-0.2, 0) is 11.3 Å². The van der Waals surface area contributed by atoms with Crippen molar-refractivity contribution in [2.75, 3.05) is 5.32 Å². The van der Waals surface area contributed by atoms with Gasteiger partial charge in [-0.3, -0.25) is 9.48 Å². The van der Waals surface area contributed by atoms with E-state index >= 15 is 0 Å². The monoisotopic (exact) mass is 275 g/mol. The first-order chi connectivity index (χ1) is 9.43. The maximum Gasteiger partial charge on any atom is 0.250 e. The average Bonchev–Trinajstić information content (AvgIpc) is 2.92. The third-order valence-electron chi connectivity index (χ3n) is 3.35. The van der Waals surface area contributed by atoms with Crippen molar-refractivity contribution in [1.29, 1.82) is 0 Å². The Kier molecular flexibility index (Phi) is 3.92. The number of aromatic nitrogens is 4. The summed E-state index contributed by atoms with van der Waals surface area (Å²) in [4.78, 5) is 12.4. The number of carbonyl (C=O) groups excluding carboxylic acids is 1. The van der Waals surface area contributed by atoms with Crippen LogP contribution in [0.5, 0.6) is 0 Å². The lowest BCUT2D eigenvalue weighted by atomic mass is 10.3. The number of nitrogens with zero attached hydrogens (tertiary/aromatic N) is 4. The van der Waals surface area contributed by atoms with Gasteiger partial charge in [0.05, 0.1) is 11.9 Å². The molecule has 2 rings (SSSR count). The molecule has 1 amide bonds. The molecule has 0 fully saturated rings. The SMILES string of the molecule is CCn1ncc(C)c1NC(=O)C(C)n1nc(C)cc1C. The van der Waals surface area contributed by atoms with E-state index in [0.717, 1.165) is 29.3 Å². The standard InChI is InChI=1S/C14H21N5O/c1-6-18-13(9(2)8-15-18)16-14(20)12(5)19-11(4)7-10(3)17-19/h7-8,12H,6H2,1-5H3,(H,16,20). The molecule has 1 unspecified atom stereocenters. The number of amides is 1. The fraction of sp³-hybridized carbons (Fsp3) is 0.500. The first-order valence-corrected chi connectivity index (χ1v) is 6.80. The van der Waals surface area contributed by atoms with Gasteiger partial charge in [-0.15, -0.1) is 0 Å². The summed E-state index contributed by atoms with van der Waals surface area (Å²) in [5, 5.41) is 11.5. The number of rotatable bonds is 4. The van der Waals surface area contributed by atoms with Crippen LogP contribution in [-0.4, -0.2) is 25.5 Å². The van der Waals surface area contributed by atoms with E-state index in [2.05, 4.69) is 15.5 Å². The summed E-state index contributed by atoms with van der Waals surface area (Å²) in [5.74, 6) is 0.667. The summed E-state index contributed by atoms with van der Waals surface area (Å²) in [7, 11) is 0. The second-order valence-electron chi connectivity index (χ2n) is 5.03. The molecule has 20 heavy (non-hydrogen) atoms. The molecular weight excluding hydrogens is 254 g/mol. The van der Waals surface area contributed by atoms with Crippen LogP contribution in [0.4, 0.5) is 5.82 Å². The first kappa shape index (κ1) is 14.3. The van der Waals surface area contributed by atoms with Crippen LogP contribution in [0.1, 0.15) is 36.8 Å². The van der Waals surface area contributed by atoms with Crippen LogP contribution < -0.4 is 5.32 Å². The molecule has 0 bridgehead atoms.